The maximum atomic E-state index is 5.60. The van der Waals surface area contributed by atoms with E-state index in [1.54, 1.807) is 0 Å². The predicted molar refractivity (Wildman–Crippen MR) is 78.3 cm³/mol. The zero-order valence-electron chi connectivity index (χ0n) is 12.1. The fraction of sp³-hybridized carbons (Fsp3) is 0.938. The van der Waals surface area contributed by atoms with E-state index in [4.69, 9.17) is 4.74 Å². The van der Waals surface area contributed by atoms with Gasteiger partial charge in [-0.15, -0.1) is 0 Å². The Balaban J connectivity index is 1.65. The van der Waals surface area contributed by atoms with Gasteiger partial charge in [-0.1, -0.05) is 38.5 Å². The van der Waals surface area contributed by atoms with Gasteiger partial charge in [0, 0.05) is 6.04 Å². The second-order valence-corrected chi connectivity index (χ2v) is 6.50. The molecule has 1 heterocycles. The molecule has 0 spiro atoms. The summed E-state index contributed by atoms with van der Waals surface area (Å²) < 4.78 is 5.60. The zero-order valence-corrected chi connectivity index (χ0v) is 12.1. The maximum Gasteiger partial charge on any atom is 0.285 e. The molecule has 19 heavy (non-hydrogen) atoms. The molecular weight excluding hydrogens is 236 g/mol. The third-order valence-corrected chi connectivity index (χ3v) is 5.19. The topological polar surface area (TPSA) is 33.6 Å². The molecule has 2 aliphatic carbocycles. The molecule has 2 saturated carbocycles. The van der Waals surface area contributed by atoms with Crippen molar-refractivity contribution in [1.29, 1.82) is 0 Å². The van der Waals surface area contributed by atoms with E-state index >= 15 is 0 Å². The van der Waals surface area contributed by atoms with Crippen molar-refractivity contribution >= 4 is 6.02 Å². The molecule has 1 aliphatic heterocycles. The van der Waals surface area contributed by atoms with Crippen molar-refractivity contribution in [2.24, 2.45) is 16.8 Å². The molecule has 3 aliphatic rings. The van der Waals surface area contributed by atoms with Crippen molar-refractivity contribution in [3.05, 3.63) is 0 Å². The minimum atomic E-state index is 0.623. The first-order valence-electron chi connectivity index (χ1n) is 8.37. The SMILES string of the molecule is C1CCC(C(NC2=NCCO2)C2CCCCC2)CC1. The summed E-state index contributed by atoms with van der Waals surface area (Å²) in [4.78, 5) is 4.45. The second-order valence-electron chi connectivity index (χ2n) is 6.50. The number of hydrogen-bond donors (Lipinski definition) is 1. The first kappa shape index (κ1) is 13.3. The van der Waals surface area contributed by atoms with Crippen molar-refractivity contribution in [3.63, 3.8) is 0 Å². The summed E-state index contributed by atoms with van der Waals surface area (Å²) in [7, 11) is 0. The van der Waals surface area contributed by atoms with Gasteiger partial charge in [0.1, 0.15) is 6.61 Å². The highest BCUT2D eigenvalue weighted by Crippen LogP contribution is 2.35. The van der Waals surface area contributed by atoms with E-state index in [0.29, 0.717) is 6.04 Å². The van der Waals surface area contributed by atoms with E-state index < -0.39 is 0 Å². The number of hydrogen-bond acceptors (Lipinski definition) is 3. The average molecular weight is 264 g/mol. The van der Waals surface area contributed by atoms with Gasteiger partial charge in [-0.25, -0.2) is 4.99 Å². The van der Waals surface area contributed by atoms with Crippen molar-refractivity contribution in [3.8, 4) is 0 Å². The van der Waals surface area contributed by atoms with E-state index in [2.05, 4.69) is 10.3 Å². The predicted octanol–water partition coefficient (Wildman–Crippen LogP) is 3.49. The molecule has 0 aromatic carbocycles. The van der Waals surface area contributed by atoms with Gasteiger partial charge in [0.05, 0.1) is 6.54 Å². The van der Waals surface area contributed by atoms with Crippen molar-refractivity contribution in [2.45, 2.75) is 70.3 Å². The van der Waals surface area contributed by atoms with E-state index in [1.807, 2.05) is 0 Å². The van der Waals surface area contributed by atoms with Crippen molar-refractivity contribution < 1.29 is 4.74 Å². The Morgan fingerprint density at radius 2 is 1.47 bits per heavy atom. The molecule has 3 nitrogen and oxygen atoms in total. The van der Waals surface area contributed by atoms with E-state index in [0.717, 1.165) is 31.0 Å². The number of nitrogens with zero attached hydrogens (tertiary/aromatic N) is 1. The number of ether oxygens (including phenoxy) is 1. The first-order chi connectivity index (χ1) is 9.43. The van der Waals surface area contributed by atoms with Gasteiger partial charge < -0.3 is 10.1 Å². The van der Waals surface area contributed by atoms with Gasteiger partial charge in [-0.05, 0) is 37.5 Å². The van der Waals surface area contributed by atoms with Crippen LogP contribution in [0.15, 0.2) is 4.99 Å². The highest BCUT2D eigenvalue weighted by Gasteiger charge is 2.32. The molecule has 0 radical (unpaired) electrons. The fourth-order valence-electron chi connectivity index (χ4n) is 4.17. The molecule has 2 fully saturated rings. The van der Waals surface area contributed by atoms with Crippen LogP contribution in [0.25, 0.3) is 0 Å². The van der Waals surface area contributed by atoms with Gasteiger partial charge in [-0.3, -0.25) is 0 Å². The second kappa shape index (κ2) is 6.62. The summed E-state index contributed by atoms with van der Waals surface area (Å²) in [5, 5.41) is 3.68. The van der Waals surface area contributed by atoms with Crippen LogP contribution >= 0.6 is 0 Å². The lowest BCUT2D eigenvalue weighted by Crippen LogP contribution is -2.46. The summed E-state index contributed by atoms with van der Waals surface area (Å²) in [6.45, 7) is 1.61. The highest BCUT2D eigenvalue weighted by molar-refractivity contribution is 5.75. The summed E-state index contributed by atoms with van der Waals surface area (Å²) in [6.07, 6.45) is 14.2. The Bertz CT molecular complexity index is 286. The monoisotopic (exact) mass is 264 g/mol. The standard InChI is InChI=1S/C16H28N2O/c1-3-7-13(8-4-1)15(14-9-5-2-6-10-14)18-16-17-11-12-19-16/h13-15H,1-12H2,(H,17,18). The van der Waals surface area contributed by atoms with Crippen LogP contribution in [0.4, 0.5) is 0 Å². The molecule has 0 bridgehead atoms. The Hall–Kier alpha value is -0.730. The molecular formula is C16H28N2O. The summed E-state index contributed by atoms with van der Waals surface area (Å²) >= 11 is 0. The Morgan fingerprint density at radius 1 is 0.895 bits per heavy atom. The van der Waals surface area contributed by atoms with E-state index in [9.17, 15) is 0 Å². The molecule has 3 rings (SSSR count). The van der Waals surface area contributed by atoms with Gasteiger partial charge in [0.2, 0.25) is 0 Å². The molecule has 0 saturated heterocycles. The molecule has 108 valence electrons. The lowest BCUT2D eigenvalue weighted by molar-refractivity contribution is 0.179. The third-order valence-electron chi connectivity index (χ3n) is 5.19. The van der Waals surface area contributed by atoms with Crippen molar-refractivity contribution in [2.75, 3.05) is 13.2 Å². The number of nitrogens with one attached hydrogen (secondary N) is 1. The van der Waals surface area contributed by atoms with Gasteiger partial charge in [0.15, 0.2) is 0 Å². The highest BCUT2D eigenvalue weighted by atomic mass is 16.5. The lowest BCUT2D eigenvalue weighted by Gasteiger charge is -2.38. The van der Waals surface area contributed by atoms with Gasteiger partial charge >= 0.3 is 0 Å². The number of amidine groups is 1. The summed E-state index contributed by atoms with van der Waals surface area (Å²) in [5.74, 6) is 1.70. The Morgan fingerprint density at radius 3 is 1.95 bits per heavy atom. The third kappa shape index (κ3) is 3.43. The molecule has 0 atom stereocenters. The molecule has 3 heteroatoms. The quantitative estimate of drug-likeness (QED) is 0.846. The first-order valence-corrected chi connectivity index (χ1v) is 8.37. The van der Waals surface area contributed by atoms with Crippen LogP contribution < -0.4 is 5.32 Å². The average Bonchev–Trinajstić information content (AvgIpc) is 3.00. The summed E-state index contributed by atoms with van der Waals surface area (Å²) in [5.41, 5.74) is 0. The zero-order chi connectivity index (χ0) is 12.9. The molecule has 0 aromatic heterocycles. The van der Waals surface area contributed by atoms with Crippen LogP contribution in [0.2, 0.25) is 0 Å². The van der Waals surface area contributed by atoms with Crippen LogP contribution in [0.1, 0.15) is 64.2 Å². The Kier molecular flexibility index (Phi) is 4.62. The van der Waals surface area contributed by atoms with Gasteiger partial charge in [0.25, 0.3) is 6.02 Å². The van der Waals surface area contributed by atoms with Crippen LogP contribution in [-0.2, 0) is 4.74 Å². The lowest BCUT2D eigenvalue weighted by atomic mass is 9.74. The van der Waals surface area contributed by atoms with Crippen LogP contribution in [0, 0.1) is 11.8 Å². The summed E-state index contributed by atoms with van der Waals surface area (Å²) in [6, 6.07) is 1.46. The smallest absolute Gasteiger partial charge is 0.285 e. The Labute approximate surface area is 117 Å². The van der Waals surface area contributed by atoms with Crippen molar-refractivity contribution in [1.82, 2.24) is 5.32 Å². The van der Waals surface area contributed by atoms with Crippen LogP contribution in [0.5, 0.6) is 0 Å². The normalized spacial score (nSPS) is 26.3. The van der Waals surface area contributed by atoms with Crippen LogP contribution in [0.3, 0.4) is 0 Å². The number of rotatable bonds is 3. The minimum absolute atomic E-state index is 0.623. The van der Waals surface area contributed by atoms with E-state index in [1.165, 1.54) is 64.2 Å². The fourth-order valence-corrected chi connectivity index (χ4v) is 4.17. The maximum absolute atomic E-state index is 5.60. The minimum Gasteiger partial charge on any atom is -0.463 e. The van der Waals surface area contributed by atoms with E-state index in [-0.39, 0.29) is 0 Å². The largest absolute Gasteiger partial charge is 0.463 e. The molecule has 0 unspecified atom stereocenters. The molecule has 0 amide bonds. The molecule has 0 aromatic rings. The van der Waals surface area contributed by atoms with Crippen LogP contribution in [-0.4, -0.2) is 25.2 Å². The van der Waals surface area contributed by atoms with Gasteiger partial charge in [-0.2, -0.15) is 0 Å². The number of aliphatic imine (C=N–C) groups is 1. The molecule has 1 N–H and O–H groups in total.